The van der Waals surface area contributed by atoms with Gasteiger partial charge in [-0.25, -0.2) is 0 Å². The zero-order valence-corrected chi connectivity index (χ0v) is 18.8. The van der Waals surface area contributed by atoms with Gasteiger partial charge in [-0.15, -0.1) is 0 Å². The van der Waals surface area contributed by atoms with Gasteiger partial charge < -0.3 is 4.74 Å². The SMILES string of the molecule is CC.CCCCc1ccc(SC2=CC(OCc3ccccc3)=CCC2)cc1Cl. The van der Waals surface area contributed by atoms with E-state index >= 15 is 0 Å². The van der Waals surface area contributed by atoms with Crippen LogP contribution in [0.4, 0.5) is 0 Å². The first-order valence-corrected chi connectivity index (χ1v) is 11.5. The summed E-state index contributed by atoms with van der Waals surface area (Å²) in [5, 5.41) is 0.885. The van der Waals surface area contributed by atoms with E-state index in [2.05, 4.69) is 49.4 Å². The zero-order chi connectivity index (χ0) is 20.2. The van der Waals surface area contributed by atoms with Crippen LogP contribution < -0.4 is 0 Å². The zero-order valence-electron chi connectivity index (χ0n) is 17.2. The third-order valence-corrected chi connectivity index (χ3v) is 5.79. The summed E-state index contributed by atoms with van der Waals surface area (Å²) in [6.07, 6.45) is 9.85. The van der Waals surface area contributed by atoms with Crippen LogP contribution in [0.1, 0.15) is 57.6 Å². The van der Waals surface area contributed by atoms with Crippen molar-refractivity contribution in [2.24, 2.45) is 0 Å². The third kappa shape index (κ3) is 7.41. The number of ether oxygens (including phenoxy) is 1. The highest BCUT2D eigenvalue weighted by Crippen LogP contribution is 2.35. The molecule has 150 valence electrons. The summed E-state index contributed by atoms with van der Waals surface area (Å²) in [7, 11) is 0. The number of halogens is 1. The Balaban J connectivity index is 0.00000136. The minimum absolute atomic E-state index is 0.610. The molecule has 0 fully saturated rings. The summed E-state index contributed by atoms with van der Waals surface area (Å²) in [5.74, 6) is 0.966. The van der Waals surface area contributed by atoms with Gasteiger partial charge in [0.1, 0.15) is 12.4 Å². The van der Waals surface area contributed by atoms with Gasteiger partial charge in [0.2, 0.25) is 0 Å². The molecule has 0 saturated carbocycles. The smallest absolute Gasteiger partial charge is 0.116 e. The highest BCUT2D eigenvalue weighted by molar-refractivity contribution is 8.03. The molecule has 0 bridgehead atoms. The normalized spacial score (nSPS) is 13.1. The van der Waals surface area contributed by atoms with Crippen LogP contribution in [0.25, 0.3) is 0 Å². The summed E-state index contributed by atoms with van der Waals surface area (Å²) in [5.41, 5.74) is 2.44. The van der Waals surface area contributed by atoms with Crippen molar-refractivity contribution in [3.63, 3.8) is 0 Å². The van der Waals surface area contributed by atoms with Crippen LogP contribution in [0.15, 0.2) is 76.2 Å². The Morgan fingerprint density at radius 3 is 2.57 bits per heavy atom. The maximum absolute atomic E-state index is 6.46. The average molecular weight is 415 g/mol. The molecule has 1 aliphatic rings. The van der Waals surface area contributed by atoms with E-state index in [0.29, 0.717) is 6.61 Å². The number of hydrogen-bond acceptors (Lipinski definition) is 2. The molecule has 0 spiro atoms. The van der Waals surface area contributed by atoms with Crippen molar-refractivity contribution in [3.05, 3.63) is 87.5 Å². The summed E-state index contributed by atoms with van der Waals surface area (Å²) < 4.78 is 5.97. The van der Waals surface area contributed by atoms with Crippen LogP contribution in [0.5, 0.6) is 0 Å². The van der Waals surface area contributed by atoms with Crippen LogP contribution in [0.2, 0.25) is 5.02 Å². The molecule has 2 aromatic carbocycles. The topological polar surface area (TPSA) is 9.23 Å². The highest BCUT2D eigenvalue weighted by atomic mass is 35.5. The van der Waals surface area contributed by atoms with Crippen molar-refractivity contribution in [2.75, 3.05) is 0 Å². The van der Waals surface area contributed by atoms with Gasteiger partial charge in [-0.05, 0) is 66.0 Å². The van der Waals surface area contributed by atoms with Gasteiger partial charge in [0, 0.05) is 9.92 Å². The van der Waals surface area contributed by atoms with Gasteiger partial charge in [-0.3, -0.25) is 0 Å². The monoisotopic (exact) mass is 414 g/mol. The molecular weight excluding hydrogens is 384 g/mol. The molecule has 3 heteroatoms. The van der Waals surface area contributed by atoms with E-state index in [9.17, 15) is 0 Å². The second-order valence-electron chi connectivity index (χ2n) is 6.49. The lowest BCUT2D eigenvalue weighted by Gasteiger charge is -2.15. The maximum atomic E-state index is 6.46. The lowest BCUT2D eigenvalue weighted by molar-refractivity contribution is 0.209. The molecular formula is C25H31ClOS. The van der Waals surface area contributed by atoms with Gasteiger partial charge >= 0.3 is 0 Å². The van der Waals surface area contributed by atoms with E-state index in [1.807, 2.05) is 32.0 Å². The largest absolute Gasteiger partial charge is 0.489 e. The van der Waals surface area contributed by atoms with Crippen LogP contribution in [0.3, 0.4) is 0 Å². The van der Waals surface area contributed by atoms with Crippen LogP contribution in [-0.4, -0.2) is 0 Å². The first-order chi connectivity index (χ1) is 13.7. The predicted molar refractivity (Wildman–Crippen MR) is 124 cm³/mol. The van der Waals surface area contributed by atoms with E-state index in [0.717, 1.165) is 30.0 Å². The molecule has 3 rings (SSSR count). The van der Waals surface area contributed by atoms with Crippen LogP contribution >= 0.6 is 23.4 Å². The van der Waals surface area contributed by atoms with Crippen molar-refractivity contribution in [2.45, 2.75) is 64.4 Å². The molecule has 1 nitrogen and oxygen atoms in total. The van der Waals surface area contributed by atoms with Gasteiger partial charge in [-0.1, -0.05) is 87.0 Å². The minimum Gasteiger partial charge on any atom is -0.489 e. The molecule has 0 N–H and O–H groups in total. The first kappa shape index (κ1) is 22.6. The quantitative estimate of drug-likeness (QED) is 0.427. The lowest BCUT2D eigenvalue weighted by atomic mass is 10.1. The second kappa shape index (κ2) is 12.7. The number of aryl methyl sites for hydroxylation is 1. The Morgan fingerprint density at radius 2 is 1.86 bits per heavy atom. The molecule has 0 unspecified atom stereocenters. The van der Waals surface area contributed by atoms with E-state index in [-0.39, 0.29) is 0 Å². The molecule has 0 heterocycles. The Kier molecular flexibility index (Phi) is 10.3. The number of unbranched alkanes of at least 4 members (excludes halogenated alkanes) is 1. The molecule has 0 saturated heterocycles. The summed E-state index contributed by atoms with van der Waals surface area (Å²) in [6, 6.07) is 16.7. The number of allylic oxidation sites excluding steroid dienone is 3. The fourth-order valence-corrected chi connectivity index (χ4v) is 4.23. The molecule has 1 aliphatic carbocycles. The highest BCUT2D eigenvalue weighted by Gasteiger charge is 2.10. The minimum atomic E-state index is 0.610. The first-order valence-electron chi connectivity index (χ1n) is 10.3. The Hall–Kier alpha value is -1.64. The molecule has 0 aliphatic heterocycles. The van der Waals surface area contributed by atoms with Crippen molar-refractivity contribution in [1.29, 1.82) is 0 Å². The van der Waals surface area contributed by atoms with Crippen molar-refractivity contribution in [3.8, 4) is 0 Å². The Labute approximate surface area is 179 Å². The van der Waals surface area contributed by atoms with Crippen molar-refractivity contribution < 1.29 is 4.74 Å². The van der Waals surface area contributed by atoms with Gasteiger partial charge in [0.25, 0.3) is 0 Å². The Bertz CT molecular complexity index is 780. The van der Waals surface area contributed by atoms with Crippen LogP contribution in [0, 0.1) is 0 Å². The van der Waals surface area contributed by atoms with E-state index in [1.54, 1.807) is 11.8 Å². The Morgan fingerprint density at radius 1 is 1.07 bits per heavy atom. The van der Waals surface area contributed by atoms with Crippen LogP contribution in [-0.2, 0) is 17.8 Å². The lowest BCUT2D eigenvalue weighted by Crippen LogP contribution is -1.96. The maximum Gasteiger partial charge on any atom is 0.116 e. The predicted octanol–water partition coefficient (Wildman–Crippen LogP) is 8.58. The molecule has 28 heavy (non-hydrogen) atoms. The number of thioether (sulfide) groups is 1. The molecule has 2 aromatic rings. The fraction of sp³-hybridized carbons (Fsp3) is 0.360. The summed E-state index contributed by atoms with van der Waals surface area (Å²) in [4.78, 5) is 2.53. The number of hydrogen-bond donors (Lipinski definition) is 0. The average Bonchev–Trinajstić information content (AvgIpc) is 2.74. The van der Waals surface area contributed by atoms with Crippen molar-refractivity contribution >= 4 is 23.4 Å². The van der Waals surface area contributed by atoms with Gasteiger partial charge in [-0.2, -0.15) is 0 Å². The second-order valence-corrected chi connectivity index (χ2v) is 8.10. The van der Waals surface area contributed by atoms with Crippen molar-refractivity contribution in [1.82, 2.24) is 0 Å². The van der Waals surface area contributed by atoms with Gasteiger partial charge in [0.05, 0.1) is 0 Å². The van der Waals surface area contributed by atoms with E-state index < -0.39 is 0 Å². The third-order valence-electron chi connectivity index (χ3n) is 4.36. The molecule has 0 radical (unpaired) electrons. The molecule has 0 atom stereocenters. The number of rotatable bonds is 8. The van der Waals surface area contributed by atoms with E-state index in [4.69, 9.17) is 16.3 Å². The van der Waals surface area contributed by atoms with E-state index in [1.165, 1.54) is 33.8 Å². The summed E-state index contributed by atoms with van der Waals surface area (Å²) in [6.45, 7) is 6.82. The fourth-order valence-electron chi connectivity index (χ4n) is 2.88. The molecule has 0 aromatic heterocycles. The standard InChI is InChI=1S/C23H25ClOS.C2H6/c1-2-3-10-19-13-14-22(16-23(19)24)26-21-12-7-11-20(15-21)25-17-18-8-5-4-6-9-18;1-2/h4-6,8-9,11,13-16H,2-3,7,10,12,17H2,1H3;1-2H3. The molecule has 0 amide bonds. The van der Waals surface area contributed by atoms with Gasteiger partial charge in [0.15, 0.2) is 0 Å². The number of benzene rings is 2. The summed E-state index contributed by atoms with van der Waals surface area (Å²) >= 11 is 8.25.